The van der Waals surface area contributed by atoms with Gasteiger partial charge in [0.1, 0.15) is 5.66 Å². The van der Waals surface area contributed by atoms with Crippen LogP contribution in [0.3, 0.4) is 0 Å². The van der Waals surface area contributed by atoms with Crippen LogP contribution in [0.1, 0.15) is 69.4 Å². The van der Waals surface area contributed by atoms with Crippen LogP contribution in [0.25, 0.3) is 0 Å². The van der Waals surface area contributed by atoms with E-state index in [-0.39, 0.29) is 5.66 Å². The van der Waals surface area contributed by atoms with Crippen molar-refractivity contribution in [3.8, 4) is 0 Å². The largest absolute Gasteiger partial charge is 0.356 e. The van der Waals surface area contributed by atoms with Gasteiger partial charge in [-0.05, 0) is 24.0 Å². The average Bonchev–Trinajstić information content (AvgIpc) is 3.06. The molecule has 0 fully saturated rings. The van der Waals surface area contributed by atoms with Crippen LogP contribution in [-0.2, 0) is 6.42 Å². The van der Waals surface area contributed by atoms with Crippen molar-refractivity contribution in [3.63, 3.8) is 0 Å². The summed E-state index contributed by atoms with van der Waals surface area (Å²) in [7, 11) is 2.27. The first-order valence-corrected chi connectivity index (χ1v) is 11.5. The normalized spacial score (nSPS) is 19.7. The predicted molar refractivity (Wildman–Crippen MR) is 125 cm³/mol. The molecular weight excluding hydrogens is 352 g/mol. The third-order valence-electron chi connectivity index (χ3n) is 6.56. The smallest absolute Gasteiger partial charge is 0.123 e. The molecule has 2 atom stereocenters. The van der Waals surface area contributed by atoms with Gasteiger partial charge >= 0.3 is 0 Å². The molecule has 0 aromatic heterocycles. The van der Waals surface area contributed by atoms with Crippen molar-refractivity contribution >= 4 is 0 Å². The van der Waals surface area contributed by atoms with Gasteiger partial charge in [-0.3, -0.25) is 0 Å². The van der Waals surface area contributed by atoms with Gasteiger partial charge in [-0.15, -0.1) is 0 Å². The fourth-order valence-electron chi connectivity index (χ4n) is 5.00. The molecule has 0 radical (unpaired) electrons. The molecule has 2 nitrogen and oxygen atoms in total. The monoisotopic (exact) mass is 390 g/mol. The molecule has 2 aromatic rings. The molecule has 1 heterocycles. The summed E-state index contributed by atoms with van der Waals surface area (Å²) in [5, 5.41) is 0. The van der Waals surface area contributed by atoms with Crippen molar-refractivity contribution in [3.05, 3.63) is 84.2 Å². The first-order valence-electron chi connectivity index (χ1n) is 11.5. The minimum atomic E-state index is -0.0534. The van der Waals surface area contributed by atoms with Gasteiger partial charge in [0.05, 0.1) is 0 Å². The van der Waals surface area contributed by atoms with Gasteiger partial charge in [0.15, 0.2) is 0 Å². The first kappa shape index (κ1) is 21.5. The van der Waals surface area contributed by atoms with Crippen molar-refractivity contribution in [2.45, 2.75) is 70.4 Å². The van der Waals surface area contributed by atoms with Crippen LogP contribution in [0, 0.1) is 0 Å². The second-order valence-electron chi connectivity index (χ2n) is 8.43. The van der Waals surface area contributed by atoms with E-state index in [9.17, 15) is 0 Å². The van der Waals surface area contributed by atoms with Crippen LogP contribution in [0.5, 0.6) is 0 Å². The molecule has 0 aliphatic carbocycles. The summed E-state index contributed by atoms with van der Waals surface area (Å²) in [6.45, 7) is 5.76. The Morgan fingerprint density at radius 3 is 2.10 bits per heavy atom. The molecule has 1 aliphatic rings. The van der Waals surface area contributed by atoms with Crippen molar-refractivity contribution in [2.75, 3.05) is 13.6 Å². The summed E-state index contributed by atoms with van der Waals surface area (Å²) < 4.78 is 0. The highest BCUT2D eigenvalue weighted by atomic mass is 15.4. The van der Waals surface area contributed by atoms with E-state index in [0.29, 0.717) is 5.92 Å². The fraction of sp³-hybridized carbons (Fsp3) is 0.481. The summed E-state index contributed by atoms with van der Waals surface area (Å²) in [4.78, 5) is 5.13. The van der Waals surface area contributed by atoms with Crippen LogP contribution in [0.4, 0.5) is 0 Å². The number of nitrogens with zero attached hydrogens (tertiary/aromatic N) is 2. The standard InChI is InChI=1S/C27H38N2/c1-4-6-7-8-15-20-29-22-21-28(3)27(29,23-24-16-11-9-12-17-24)26(5-2)25-18-13-10-14-19-25/h9-14,16-19,21-22,26H,4-8,15,20,23H2,1-3H3. The molecule has 0 saturated carbocycles. The third-order valence-corrected chi connectivity index (χ3v) is 6.56. The Balaban J connectivity index is 1.92. The maximum atomic E-state index is 2.65. The van der Waals surface area contributed by atoms with Gasteiger partial charge in [-0.2, -0.15) is 0 Å². The fourth-order valence-corrected chi connectivity index (χ4v) is 5.00. The Morgan fingerprint density at radius 1 is 0.793 bits per heavy atom. The van der Waals surface area contributed by atoms with E-state index in [1.54, 1.807) is 0 Å². The highest BCUT2D eigenvalue weighted by molar-refractivity contribution is 5.30. The van der Waals surface area contributed by atoms with E-state index < -0.39 is 0 Å². The number of hydrogen-bond donors (Lipinski definition) is 0. The van der Waals surface area contributed by atoms with Gasteiger partial charge in [-0.25, -0.2) is 0 Å². The number of rotatable bonds is 11. The summed E-state index contributed by atoms with van der Waals surface area (Å²) >= 11 is 0. The lowest BCUT2D eigenvalue weighted by molar-refractivity contribution is 0.0121. The number of hydrogen-bond acceptors (Lipinski definition) is 2. The first-order chi connectivity index (χ1) is 14.2. The molecule has 156 valence electrons. The van der Waals surface area contributed by atoms with Crippen LogP contribution in [-0.4, -0.2) is 29.1 Å². The SMILES string of the molecule is CCCCCCCN1C=CN(C)C1(Cc1ccccc1)C(CC)c1ccccc1. The van der Waals surface area contributed by atoms with Gasteiger partial charge in [0, 0.05) is 38.3 Å². The molecule has 2 heteroatoms. The highest BCUT2D eigenvalue weighted by Gasteiger charge is 2.47. The van der Waals surface area contributed by atoms with Crippen molar-refractivity contribution in [2.24, 2.45) is 0 Å². The van der Waals surface area contributed by atoms with E-state index >= 15 is 0 Å². The zero-order valence-corrected chi connectivity index (χ0v) is 18.6. The molecule has 2 unspecified atom stereocenters. The Kier molecular flexibility index (Phi) is 7.80. The minimum Gasteiger partial charge on any atom is -0.356 e. The Bertz CT molecular complexity index is 740. The summed E-state index contributed by atoms with van der Waals surface area (Å²) in [5.41, 5.74) is 2.80. The summed E-state index contributed by atoms with van der Waals surface area (Å²) in [6.07, 6.45) is 13.4. The van der Waals surface area contributed by atoms with Gasteiger partial charge in [0.2, 0.25) is 0 Å². The van der Waals surface area contributed by atoms with Gasteiger partial charge < -0.3 is 9.80 Å². The van der Waals surface area contributed by atoms with Crippen LogP contribution in [0.2, 0.25) is 0 Å². The Hall–Kier alpha value is -2.22. The van der Waals surface area contributed by atoms with Crippen molar-refractivity contribution in [1.29, 1.82) is 0 Å². The van der Waals surface area contributed by atoms with E-state index in [1.165, 1.54) is 43.2 Å². The molecule has 3 rings (SSSR count). The van der Waals surface area contributed by atoms with Crippen molar-refractivity contribution in [1.82, 2.24) is 9.80 Å². The molecule has 29 heavy (non-hydrogen) atoms. The highest BCUT2D eigenvalue weighted by Crippen LogP contribution is 2.44. The third kappa shape index (κ3) is 4.86. The Morgan fingerprint density at radius 2 is 1.45 bits per heavy atom. The second kappa shape index (κ2) is 10.5. The molecule has 2 aromatic carbocycles. The predicted octanol–water partition coefficient (Wildman–Crippen LogP) is 6.81. The van der Waals surface area contributed by atoms with Gasteiger partial charge in [-0.1, -0.05) is 100 Å². The lowest BCUT2D eigenvalue weighted by atomic mass is 9.78. The van der Waals surface area contributed by atoms with Crippen LogP contribution >= 0.6 is 0 Å². The maximum Gasteiger partial charge on any atom is 0.123 e. The molecule has 0 N–H and O–H groups in total. The second-order valence-corrected chi connectivity index (χ2v) is 8.43. The van der Waals surface area contributed by atoms with E-state index in [0.717, 1.165) is 19.4 Å². The quantitative estimate of drug-likeness (QED) is 0.389. The summed E-state index contributed by atoms with van der Waals surface area (Å²) in [6, 6.07) is 22.1. The molecule has 0 amide bonds. The number of unbranched alkanes of at least 4 members (excludes halogenated alkanes) is 4. The molecule has 0 bridgehead atoms. The van der Waals surface area contributed by atoms with Crippen molar-refractivity contribution < 1.29 is 0 Å². The average molecular weight is 391 g/mol. The van der Waals surface area contributed by atoms with Crippen LogP contribution in [0.15, 0.2) is 73.1 Å². The zero-order valence-electron chi connectivity index (χ0n) is 18.6. The van der Waals surface area contributed by atoms with Gasteiger partial charge in [0.25, 0.3) is 0 Å². The number of likely N-dealkylation sites (N-methyl/N-ethyl adjacent to an activating group) is 1. The molecular formula is C27H38N2. The van der Waals surface area contributed by atoms with E-state index in [4.69, 9.17) is 0 Å². The van der Waals surface area contributed by atoms with E-state index in [2.05, 4.69) is 104 Å². The van der Waals surface area contributed by atoms with Crippen LogP contribution < -0.4 is 0 Å². The minimum absolute atomic E-state index is 0.0534. The zero-order chi connectivity index (χ0) is 20.5. The molecule has 0 spiro atoms. The topological polar surface area (TPSA) is 6.48 Å². The number of benzene rings is 2. The lowest BCUT2D eigenvalue weighted by Crippen LogP contribution is -2.58. The van der Waals surface area contributed by atoms with E-state index in [1.807, 2.05) is 0 Å². The maximum absolute atomic E-state index is 2.65. The lowest BCUT2D eigenvalue weighted by Gasteiger charge is -2.50. The Labute approximate surface area is 178 Å². The summed E-state index contributed by atoms with van der Waals surface area (Å²) in [5.74, 6) is 0.444. The molecule has 1 aliphatic heterocycles. The molecule has 0 saturated heterocycles.